The average molecular weight is 222 g/mol. The highest BCUT2D eigenvalue weighted by Crippen LogP contribution is 2.37. The molecule has 0 aromatic carbocycles. The van der Waals surface area contributed by atoms with Crippen LogP contribution in [0.1, 0.15) is 19.3 Å². The predicted molar refractivity (Wildman–Crippen MR) is 46.9 cm³/mol. The molecular formula is C9H13F3N2O. The highest BCUT2D eigenvalue weighted by Gasteiger charge is 2.55. The summed E-state index contributed by atoms with van der Waals surface area (Å²) in [5.74, 6) is 0. The van der Waals surface area contributed by atoms with Crippen LogP contribution < -0.4 is 0 Å². The highest BCUT2D eigenvalue weighted by atomic mass is 19.4. The predicted octanol–water partition coefficient (Wildman–Crippen LogP) is 1.29. The summed E-state index contributed by atoms with van der Waals surface area (Å²) >= 11 is 0. The number of hydrogen-bond acceptors (Lipinski definition) is 3. The number of likely N-dealkylation sites (tertiary alicyclic amines) is 1. The van der Waals surface area contributed by atoms with E-state index in [0.29, 0.717) is 13.0 Å². The third-order valence-corrected chi connectivity index (χ3v) is 2.62. The van der Waals surface area contributed by atoms with Gasteiger partial charge in [0.25, 0.3) is 0 Å². The SMILES string of the molecule is N#CCCN1CCC[C@@](O)(C(F)(F)F)C1. The lowest BCUT2D eigenvalue weighted by molar-refractivity contribution is -0.273. The van der Waals surface area contributed by atoms with E-state index in [1.807, 2.05) is 6.07 Å². The molecule has 0 aliphatic carbocycles. The quantitative estimate of drug-likeness (QED) is 0.765. The van der Waals surface area contributed by atoms with Crippen LogP contribution in [0, 0.1) is 11.3 Å². The molecule has 1 aliphatic rings. The molecule has 0 radical (unpaired) electrons. The molecule has 0 aromatic rings. The van der Waals surface area contributed by atoms with Gasteiger partial charge in [0.2, 0.25) is 0 Å². The van der Waals surface area contributed by atoms with Crippen LogP contribution >= 0.6 is 0 Å². The number of aliphatic hydroxyl groups is 1. The number of piperidine rings is 1. The Bertz CT molecular complexity index is 261. The van der Waals surface area contributed by atoms with E-state index in [4.69, 9.17) is 5.26 Å². The van der Waals surface area contributed by atoms with Crippen LogP contribution in [-0.2, 0) is 0 Å². The van der Waals surface area contributed by atoms with Crippen LogP contribution in [0.25, 0.3) is 0 Å². The number of nitriles is 1. The van der Waals surface area contributed by atoms with Gasteiger partial charge < -0.3 is 5.11 Å². The maximum atomic E-state index is 12.5. The molecular weight excluding hydrogens is 209 g/mol. The second-order valence-corrected chi connectivity index (χ2v) is 3.82. The molecule has 6 heteroatoms. The third kappa shape index (κ3) is 2.83. The Hall–Kier alpha value is -0.800. The number of halogens is 3. The summed E-state index contributed by atoms with van der Waals surface area (Å²) in [6.45, 7) is 0.382. The Morgan fingerprint density at radius 2 is 2.13 bits per heavy atom. The van der Waals surface area contributed by atoms with Crippen molar-refractivity contribution in [3.8, 4) is 6.07 Å². The Kier molecular flexibility index (Phi) is 3.58. The lowest BCUT2D eigenvalue weighted by Gasteiger charge is -2.39. The number of rotatable bonds is 2. The number of β-amino-alcohol motifs (C(OH)–C–C–N with tert-alkyl or cyclic N) is 1. The normalized spacial score (nSPS) is 28.7. The van der Waals surface area contributed by atoms with Crippen LogP contribution in [0.2, 0.25) is 0 Å². The van der Waals surface area contributed by atoms with E-state index in [2.05, 4.69) is 0 Å². The molecule has 1 rings (SSSR count). The molecule has 1 N–H and O–H groups in total. The number of hydrogen-bond donors (Lipinski definition) is 1. The fourth-order valence-electron chi connectivity index (χ4n) is 1.75. The molecule has 86 valence electrons. The van der Waals surface area contributed by atoms with Gasteiger partial charge in [0, 0.05) is 19.5 Å². The molecule has 1 saturated heterocycles. The van der Waals surface area contributed by atoms with Crippen LogP contribution in [0.5, 0.6) is 0 Å². The van der Waals surface area contributed by atoms with Crippen LogP contribution in [0.4, 0.5) is 13.2 Å². The van der Waals surface area contributed by atoms with Gasteiger partial charge >= 0.3 is 6.18 Å². The summed E-state index contributed by atoms with van der Waals surface area (Å²) in [6.07, 6.45) is -4.34. The molecule has 1 fully saturated rings. The van der Waals surface area contributed by atoms with Gasteiger partial charge in [-0.2, -0.15) is 18.4 Å². The largest absolute Gasteiger partial charge is 0.418 e. The Morgan fingerprint density at radius 1 is 1.47 bits per heavy atom. The molecule has 1 atom stereocenters. The van der Waals surface area contributed by atoms with Gasteiger partial charge in [-0.3, -0.25) is 4.90 Å². The van der Waals surface area contributed by atoms with Gasteiger partial charge in [-0.05, 0) is 19.4 Å². The summed E-state index contributed by atoms with van der Waals surface area (Å²) < 4.78 is 37.4. The first-order valence-electron chi connectivity index (χ1n) is 4.77. The molecule has 3 nitrogen and oxygen atoms in total. The first-order chi connectivity index (χ1) is 6.89. The molecule has 0 unspecified atom stereocenters. The fourth-order valence-corrected chi connectivity index (χ4v) is 1.75. The summed E-state index contributed by atoms with van der Waals surface area (Å²) in [5, 5.41) is 17.8. The molecule has 0 spiro atoms. The van der Waals surface area contributed by atoms with Crippen molar-refractivity contribution >= 4 is 0 Å². The smallest absolute Gasteiger partial charge is 0.379 e. The van der Waals surface area contributed by atoms with Crippen molar-refractivity contribution in [1.82, 2.24) is 4.90 Å². The van der Waals surface area contributed by atoms with Crippen LogP contribution in [0.15, 0.2) is 0 Å². The van der Waals surface area contributed by atoms with E-state index in [1.165, 1.54) is 4.90 Å². The van der Waals surface area contributed by atoms with Crippen molar-refractivity contribution in [3.05, 3.63) is 0 Å². The minimum absolute atomic E-state index is 0.188. The summed E-state index contributed by atoms with van der Waals surface area (Å²) in [7, 11) is 0. The molecule has 0 saturated carbocycles. The summed E-state index contributed by atoms with van der Waals surface area (Å²) in [4.78, 5) is 1.49. The molecule has 0 amide bonds. The van der Waals surface area contributed by atoms with Gasteiger partial charge in [0.1, 0.15) is 0 Å². The van der Waals surface area contributed by atoms with Crippen molar-refractivity contribution in [2.45, 2.75) is 31.0 Å². The second kappa shape index (κ2) is 4.37. The van der Waals surface area contributed by atoms with Gasteiger partial charge in [-0.15, -0.1) is 0 Å². The first kappa shape index (κ1) is 12.3. The van der Waals surface area contributed by atoms with Crippen molar-refractivity contribution in [3.63, 3.8) is 0 Å². The average Bonchev–Trinajstić information content (AvgIpc) is 2.13. The summed E-state index contributed by atoms with van der Waals surface area (Å²) in [5.41, 5.74) is -2.60. The lowest BCUT2D eigenvalue weighted by atomic mass is 9.92. The third-order valence-electron chi connectivity index (χ3n) is 2.62. The van der Waals surface area contributed by atoms with Gasteiger partial charge in [-0.25, -0.2) is 0 Å². The Morgan fingerprint density at radius 3 is 2.67 bits per heavy atom. The zero-order valence-corrected chi connectivity index (χ0v) is 8.22. The number of nitrogens with zero attached hydrogens (tertiary/aromatic N) is 2. The van der Waals surface area contributed by atoms with Gasteiger partial charge in [-0.1, -0.05) is 0 Å². The van der Waals surface area contributed by atoms with E-state index >= 15 is 0 Å². The maximum absolute atomic E-state index is 12.5. The van der Waals surface area contributed by atoms with E-state index in [1.54, 1.807) is 0 Å². The molecule has 0 bridgehead atoms. The highest BCUT2D eigenvalue weighted by molar-refractivity contribution is 4.93. The van der Waals surface area contributed by atoms with E-state index in [-0.39, 0.29) is 19.4 Å². The zero-order valence-electron chi connectivity index (χ0n) is 8.22. The lowest BCUT2D eigenvalue weighted by Crippen LogP contribution is -2.57. The summed E-state index contributed by atoms with van der Waals surface area (Å²) in [6, 6.07) is 1.88. The molecule has 1 heterocycles. The minimum Gasteiger partial charge on any atom is -0.379 e. The molecule has 1 aliphatic heterocycles. The van der Waals surface area contributed by atoms with E-state index < -0.39 is 18.3 Å². The monoisotopic (exact) mass is 222 g/mol. The van der Waals surface area contributed by atoms with E-state index in [0.717, 1.165) is 0 Å². The fraction of sp³-hybridized carbons (Fsp3) is 0.889. The second-order valence-electron chi connectivity index (χ2n) is 3.82. The van der Waals surface area contributed by atoms with Crippen molar-refractivity contribution in [2.24, 2.45) is 0 Å². The van der Waals surface area contributed by atoms with Crippen molar-refractivity contribution in [1.29, 1.82) is 5.26 Å². The maximum Gasteiger partial charge on any atom is 0.418 e. The van der Waals surface area contributed by atoms with Gasteiger partial charge in [0.05, 0.1) is 6.07 Å². The standard InChI is InChI=1S/C9H13F3N2O/c10-9(11,12)8(15)3-1-5-14(7-8)6-2-4-13/h15H,1-3,5-7H2/t8-/m0/s1. The molecule has 0 aromatic heterocycles. The van der Waals surface area contributed by atoms with Crippen molar-refractivity contribution in [2.75, 3.05) is 19.6 Å². The zero-order chi connectivity index (χ0) is 11.5. The van der Waals surface area contributed by atoms with E-state index in [9.17, 15) is 18.3 Å². The Labute approximate surface area is 86.1 Å². The van der Waals surface area contributed by atoms with Gasteiger partial charge in [0.15, 0.2) is 5.60 Å². The van der Waals surface area contributed by atoms with Crippen LogP contribution in [-0.4, -0.2) is 41.4 Å². The Balaban J connectivity index is 2.59. The van der Waals surface area contributed by atoms with Crippen molar-refractivity contribution < 1.29 is 18.3 Å². The first-order valence-corrected chi connectivity index (χ1v) is 4.77. The van der Waals surface area contributed by atoms with Crippen LogP contribution in [0.3, 0.4) is 0 Å². The minimum atomic E-state index is -4.59. The molecule has 15 heavy (non-hydrogen) atoms. The topological polar surface area (TPSA) is 47.3 Å². The number of alkyl halides is 3.